The number of halogens is 3. The quantitative estimate of drug-likeness (QED) is 0.610. The fourth-order valence-electron chi connectivity index (χ4n) is 0.591. The number of nitrogens with zero attached hydrogens (tertiary/aromatic N) is 1. The standard InChI is InChI=1S/C7H7N.C2H3F3O3S/c1-2-7-5-3-4-6-8-7;1-8-9(6,7)2(3,4)5/h2-6H,1H2;1H3. The van der Waals surface area contributed by atoms with Gasteiger partial charge in [0.1, 0.15) is 0 Å². The minimum atomic E-state index is -5.34. The number of hydrogen-bond acceptors (Lipinski definition) is 4. The minimum Gasteiger partial charge on any atom is -0.267 e. The first-order valence-corrected chi connectivity index (χ1v) is 5.55. The van der Waals surface area contributed by atoms with Crippen LogP contribution in [0.5, 0.6) is 0 Å². The van der Waals surface area contributed by atoms with Crippen molar-refractivity contribution in [3.05, 3.63) is 36.7 Å². The van der Waals surface area contributed by atoms with Crippen molar-refractivity contribution in [3.63, 3.8) is 0 Å². The number of alkyl halides is 3. The Morgan fingerprint density at radius 3 is 2.18 bits per heavy atom. The molecule has 0 aliphatic rings. The molecule has 1 aromatic rings. The number of aromatic nitrogens is 1. The second-order valence-electron chi connectivity index (χ2n) is 2.53. The van der Waals surface area contributed by atoms with E-state index in [1.54, 1.807) is 12.3 Å². The van der Waals surface area contributed by atoms with Crippen LogP contribution in [0.2, 0.25) is 0 Å². The van der Waals surface area contributed by atoms with E-state index in [9.17, 15) is 21.6 Å². The predicted molar refractivity (Wildman–Crippen MR) is 56.3 cm³/mol. The van der Waals surface area contributed by atoms with E-state index in [2.05, 4.69) is 15.7 Å². The lowest BCUT2D eigenvalue weighted by Crippen LogP contribution is -2.23. The third-order valence-electron chi connectivity index (χ3n) is 1.40. The topological polar surface area (TPSA) is 56.3 Å². The Hall–Kier alpha value is -1.41. The largest absolute Gasteiger partial charge is 0.523 e. The molecule has 1 heterocycles. The summed E-state index contributed by atoms with van der Waals surface area (Å²) in [7, 11) is -4.89. The molecule has 0 saturated heterocycles. The Labute approximate surface area is 96.9 Å². The van der Waals surface area contributed by atoms with Crippen LogP contribution in [0.4, 0.5) is 13.2 Å². The van der Waals surface area contributed by atoms with E-state index in [0.717, 1.165) is 5.69 Å². The molecule has 8 heteroatoms. The molecular formula is C9H10F3NO3S. The highest BCUT2D eigenvalue weighted by molar-refractivity contribution is 7.87. The third kappa shape index (κ3) is 5.45. The second-order valence-corrected chi connectivity index (χ2v) is 4.23. The maximum absolute atomic E-state index is 11.1. The monoisotopic (exact) mass is 269 g/mol. The van der Waals surface area contributed by atoms with Gasteiger partial charge >= 0.3 is 15.6 Å². The van der Waals surface area contributed by atoms with Gasteiger partial charge in [-0.15, -0.1) is 0 Å². The molecule has 0 aromatic carbocycles. The zero-order valence-electron chi connectivity index (χ0n) is 8.81. The summed E-state index contributed by atoms with van der Waals surface area (Å²) in [5.41, 5.74) is -4.38. The van der Waals surface area contributed by atoms with E-state index in [1.165, 1.54) is 0 Å². The maximum Gasteiger partial charge on any atom is 0.523 e. The van der Waals surface area contributed by atoms with Crippen LogP contribution in [0, 0.1) is 0 Å². The predicted octanol–water partition coefficient (Wildman–Crippen LogP) is 2.21. The van der Waals surface area contributed by atoms with Gasteiger partial charge in [0, 0.05) is 6.20 Å². The van der Waals surface area contributed by atoms with Crippen molar-refractivity contribution in [3.8, 4) is 0 Å². The van der Waals surface area contributed by atoms with Gasteiger partial charge in [0.05, 0.1) is 12.8 Å². The molecule has 0 amide bonds. The lowest BCUT2D eigenvalue weighted by atomic mass is 10.4. The van der Waals surface area contributed by atoms with E-state index in [4.69, 9.17) is 0 Å². The van der Waals surface area contributed by atoms with Gasteiger partial charge in [-0.25, -0.2) is 0 Å². The van der Waals surface area contributed by atoms with Crippen molar-refractivity contribution >= 4 is 16.2 Å². The van der Waals surface area contributed by atoms with Crippen molar-refractivity contribution in [2.75, 3.05) is 7.11 Å². The van der Waals surface area contributed by atoms with Crippen molar-refractivity contribution in [1.29, 1.82) is 0 Å². The Kier molecular flexibility index (Phi) is 5.83. The fourth-order valence-corrected chi connectivity index (χ4v) is 0.780. The normalized spacial score (nSPS) is 11.3. The summed E-state index contributed by atoms with van der Waals surface area (Å²) in [5, 5.41) is 0. The van der Waals surface area contributed by atoms with Gasteiger partial charge in [-0.1, -0.05) is 12.6 Å². The van der Waals surface area contributed by atoms with Gasteiger partial charge in [-0.2, -0.15) is 21.6 Å². The first-order chi connectivity index (χ1) is 7.74. The van der Waals surface area contributed by atoms with E-state index in [1.807, 2.05) is 18.2 Å². The molecule has 96 valence electrons. The Bertz CT molecular complexity index is 442. The molecule has 0 bridgehead atoms. The molecule has 0 atom stereocenters. The summed E-state index contributed by atoms with van der Waals surface area (Å²) in [6, 6.07) is 5.73. The summed E-state index contributed by atoms with van der Waals surface area (Å²) in [4.78, 5) is 3.98. The zero-order chi connectivity index (χ0) is 13.5. The van der Waals surface area contributed by atoms with Gasteiger partial charge in [0.2, 0.25) is 0 Å². The molecule has 1 aromatic heterocycles. The smallest absolute Gasteiger partial charge is 0.267 e. The van der Waals surface area contributed by atoms with Crippen LogP contribution in [0.3, 0.4) is 0 Å². The molecule has 0 radical (unpaired) electrons. The van der Waals surface area contributed by atoms with Gasteiger partial charge in [0.25, 0.3) is 0 Å². The highest BCUT2D eigenvalue weighted by Crippen LogP contribution is 2.23. The molecule has 0 spiro atoms. The average Bonchev–Trinajstić information content (AvgIpc) is 2.29. The lowest BCUT2D eigenvalue weighted by molar-refractivity contribution is -0.0526. The number of pyridine rings is 1. The van der Waals surface area contributed by atoms with Gasteiger partial charge < -0.3 is 0 Å². The summed E-state index contributed by atoms with van der Waals surface area (Å²) in [5.74, 6) is 0. The van der Waals surface area contributed by atoms with Crippen molar-refractivity contribution < 1.29 is 25.8 Å². The highest BCUT2D eigenvalue weighted by atomic mass is 32.2. The van der Waals surface area contributed by atoms with Crippen LogP contribution in [0.1, 0.15) is 5.69 Å². The molecule has 0 N–H and O–H groups in total. The van der Waals surface area contributed by atoms with Crippen LogP contribution in [-0.4, -0.2) is 26.0 Å². The number of hydrogen-bond donors (Lipinski definition) is 0. The Morgan fingerprint density at radius 1 is 1.41 bits per heavy atom. The van der Waals surface area contributed by atoms with E-state index < -0.39 is 15.6 Å². The fraction of sp³-hybridized carbons (Fsp3) is 0.222. The summed E-state index contributed by atoms with van der Waals surface area (Å²) >= 11 is 0. The van der Waals surface area contributed by atoms with E-state index in [0.29, 0.717) is 7.11 Å². The van der Waals surface area contributed by atoms with Crippen LogP contribution in [-0.2, 0) is 14.3 Å². The van der Waals surface area contributed by atoms with Gasteiger partial charge in [-0.05, 0) is 18.2 Å². The lowest BCUT2D eigenvalue weighted by Gasteiger charge is -2.02. The highest BCUT2D eigenvalue weighted by Gasteiger charge is 2.46. The number of rotatable bonds is 2. The van der Waals surface area contributed by atoms with Crippen molar-refractivity contribution in [2.45, 2.75) is 5.51 Å². The van der Waals surface area contributed by atoms with E-state index >= 15 is 0 Å². The molecule has 0 fully saturated rings. The maximum atomic E-state index is 11.1. The molecule has 0 aliphatic carbocycles. The molecule has 0 saturated carbocycles. The molecule has 4 nitrogen and oxygen atoms in total. The summed E-state index contributed by atoms with van der Waals surface area (Å²) < 4.78 is 55.9. The zero-order valence-corrected chi connectivity index (χ0v) is 9.62. The van der Waals surface area contributed by atoms with Gasteiger partial charge in [-0.3, -0.25) is 9.17 Å². The van der Waals surface area contributed by atoms with Crippen LogP contribution in [0.15, 0.2) is 31.0 Å². The molecule has 0 aliphatic heterocycles. The van der Waals surface area contributed by atoms with Crippen LogP contribution >= 0.6 is 0 Å². The first-order valence-electron chi connectivity index (χ1n) is 4.15. The van der Waals surface area contributed by atoms with Crippen molar-refractivity contribution in [2.24, 2.45) is 0 Å². The van der Waals surface area contributed by atoms with E-state index in [-0.39, 0.29) is 0 Å². The molecular weight excluding hydrogens is 259 g/mol. The molecule has 0 unspecified atom stereocenters. The minimum absolute atomic E-state index is 0.447. The molecule has 17 heavy (non-hydrogen) atoms. The second kappa shape index (κ2) is 6.36. The first kappa shape index (κ1) is 15.6. The van der Waals surface area contributed by atoms with Crippen LogP contribution < -0.4 is 0 Å². The Balaban J connectivity index is 0.000000302. The van der Waals surface area contributed by atoms with Crippen molar-refractivity contribution in [1.82, 2.24) is 4.98 Å². The summed E-state index contributed by atoms with van der Waals surface area (Å²) in [6.07, 6.45) is 3.47. The van der Waals surface area contributed by atoms with Gasteiger partial charge in [0.15, 0.2) is 0 Å². The Morgan fingerprint density at radius 2 is 2.00 bits per heavy atom. The SMILES string of the molecule is C=Cc1ccccn1.COS(=O)(=O)C(F)(F)F. The molecule has 1 rings (SSSR count). The summed E-state index contributed by atoms with van der Waals surface area (Å²) in [6.45, 7) is 3.57. The average molecular weight is 269 g/mol. The van der Waals surface area contributed by atoms with Crippen LogP contribution in [0.25, 0.3) is 6.08 Å². The third-order valence-corrected chi connectivity index (χ3v) is 2.41.